The fourth-order valence-corrected chi connectivity index (χ4v) is 2.61. The summed E-state index contributed by atoms with van der Waals surface area (Å²) in [4.78, 5) is 54.4. The van der Waals surface area contributed by atoms with E-state index in [-0.39, 0.29) is 17.8 Å². The van der Waals surface area contributed by atoms with Crippen molar-refractivity contribution in [3.05, 3.63) is 46.0 Å². The first kappa shape index (κ1) is 15.9. The number of fused-ring (bicyclic) bond motifs is 1. The normalized spacial score (nSPS) is 15.2. The number of pyridine rings is 1. The maximum atomic E-state index is 12.3. The Hall–Kier alpha value is -3.03. The lowest BCUT2D eigenvalue weighted by molar-refractivity contribution is -0.144. The maximum Gasteiger partial charge on any atom is 0.334 e. The van der Waals surface area contributed by atoms with Crippen LogP contribution in [-0.2, 0) is 16.1 Å². The SMILES string of the molecule is Cc1ccn2c(=O)cc(CN3C(=O)C(=O)N(C(C)C)C3=O)nc2c1. The molecule has 2 aromatic heterocycles. The largest absolute Gasteiger partial charge is 0.334 e. The summed E-state index contributed by atoms with van der Waals surface area (Å²) in [6.45, 7) is 4.95. The van der Waals surface area contributed by atoms with Crippen molar-refractivity contribution in [3.8, 4) is 0 Å². The highest BCUT2D eigenvalue weighted by molar-refractivity contribution is 6.44. The number of aromatic nitrogens is 2. The minimum atomic E-state index is -0.903. The number of rotatable bonds is 3. The molecule has 4 amide bonds. The number of carbonyl (C=O) groups is 3. The van der Waals surface area contributed by atoms with Gasteiger partial charge in [-0.2, -0.15) is 0 Å². The van der Waals surface area contributed by atoms with Gasteiger partial charge in [-0.15, -0.1) is 0 Å². The van der Waals surface area contributed by atoms with Crippen molar-refractivity contribution >= 4 is 23.5 Å². The van der Waals surface area contributed by atoms with E-state index in [1.165, 1.54) is 10.5 Å². The summed E-state index contributed by atoms with van der Waals surface area (Å²) in [7, 11) is 0. The Bertz CT molecular complexity index is 931. The van der Waals surface area contributed by atoms with Crippen LogP contribution in [0.4, 0.5) is 4.79 Å². The fourth-order valence-electron chi connectivity index (χ4n) is 2.61. The predicted octanol–water partition coefficient (Wildman–Crippen LogP) is 0.702. The van der Waals surface area contributed by atoms with Crippen LogP contribution >= 0.6 is 0 Å². The maximum absolute atomic E-state index is 12.3. The van der Waals surface area contributed by atoms with Crippen LogP contribution < -0.4 is 5.56 Å². The zero-order valence-electron chi connectivity index (χ0n) is 13.5. The first-order valence-electron chi connectivity index (χ1n) is 7.47. The second-order valence-electron chi connectivity index (χ2n) is 5.96. The molecule has 1 saturated heterocycles. The Morgan fingerprint density at radius 2 is 1.79 bits per heavy atom. The zero-order valence-corrected chi connectivity index (χ0v) is 13.5. The number of urea groups is 1. The molecule has 124 valence electrons. The highest BCUT2D eigenvalue weighted by Gasteiger charge is 2.45. The van der Waals surface area contributed by atoms with Crippen LogP contribution in [0.1, 0.15) is 25.1 Å². The molecule has 3 heterocycles. The molecule has 8 nitrogen and oxygen atoms in total. The second-order valence-corrected chi connectivity index (χ2v) is 5.96. The van der Waals surface area contributed by atoms with Crippen molar-refractivity contribution < 1.29 is 14.4 Å². The summed E-state index contributed by atoms with van der Waals surface area (Å²) >= 11 is 0. The molecule has 1 aliphatic rings. The van der Waals surface area contributed by atoms with Crippen LogP contribution in [-0.4, -0.2) is 43.1 Å². The van der Waals surface area contributed by atoms with E-state index in [0.717, 1.165) is 15.4 Å². The van der Waals surface area contributed by atoms with Gasteiger partial charge in [0.15, 0.2) is 0 Å². The van der Waals surface area contributed by atoms with Gasteiger partial charge in [0.2, 0.25) is 0 Å². The monoisotopic (exact) mass is 328 g/mol. The van der Waals surface area contributed by atoms with E-state index in [0.29, 0.717) is 5.65 Å². The molecule has 24 heavy (non-hydrogen) atoms. The van der Waals surface area contributed by atoms with Crippen molar-refractivity contribution in [2.24, 2.45) is 0 Å². The average Bonchev–Trinajstić information content (AvgIpc) is 2.70. The van der Waals surface area contributed by atoms with Gasteiger partial charge in [0.05, 0.1) is 12.2 Å². The molecule has 0 aliphatic carbocycles. The summed E-state index contributed by atoms with van der Waals surface area (Å²) < 4.78 is 1.37. The molecule has 0 unspecified atom stereocenters. The molecule has 0 spiro atoms. The van der Waals surface area contributed by atoms with E-state index in [1.54, 1.807) is 32.2 Å². The van der Waals surface area contributed by atoms with Gasteiger partial charge in [-0.3, -0.25) is 23.7 Å². The van der Waals surface area contributed by atoms with Crippen molar-refractivity contribution in [2.75, 3.05) is 0 Å². The number of amides is 4. The van der Waals surface area contributed by atoms with Gasteiger partial charge in [0.1, 0.15) is 5.65 Å². The molecule has 0 radical (unpaired) electrons. The Morgan fingerprint density at radius 3 is 2.42 bits per heavy atom. The molecule has 1 aliphatic heterocycles. The molecule has 2 aromatic rings. The van der Waals surface area contributed by atoms with Crippen LogP contribution in [0.15, 0.2) is 29.2 Å². The van der Waals surface area contributed by atoms with Gasteiger partial charge < -0.3 is 0 Å². The fraction of sp³-hybridized carbons (Fsp3) is 0.312. The number of carbonyl (C=O) groups excluding carboxylic acids is 3. The topological polar surface area (TPSA) is 92.1 Å². The summed E-state index contributed by atoms with van der Waals surface area (Å²) in [5.74, 6) is -1.76. The van der Waals surface area contributed by atoms with Crippen molar-refractivity contribution in [1.82, 2.24) is 19.2 Å². The van der Waals surface area contributed by atoms with Crippen LogP contribution in [0.2, 0.25) is 0 Å². The third kappa shape index (κ3) is 2.45. The molecule has 3 rings (SSSR count). The molecule has 8 heteroatoms. The van der Waals surface area contributed by atoms with Gasteiger partial charge in [0, 0.05) is 18.3 Å². The molecule has 0 saturated carbocycles. The van der Waals surface area contributed by atoms with Crippen molar-refractivity contribution in [3.63, 3.8) is 0 Å². The summed E-state index contributed by atoms with van der Waals surface area (Å²) in [6.07, 6.45) is 1.61. The zero-order chi connectivity index (χ0) is 17.6. The quantitative estimate of drug-likeness (QED) is 0.611. The minimum absolute atomic E-state index is 0.216. The number of hydrogen-bond donors (Lipinski definition) is 0. The Balaban J connectivity index is 1.98. The first-order chi connectivity index (χ1) is 11.3. The van der Waals surface area contributed by atoms with Gasteiger partial charge >= 0.3 is 17.8 Å². The number of aryl methyl sites for hydroxylation is 1. The molecular weight excluding hydrogens is 312 g/mol. The molecule has 0 bridgehead atoms. The second kappa shape index (κ2) is 5.55. The van der Waals surface area contributed by atoms with Crippen molar-refractivity contribution in [2.45, 2.75) is 33.4 Å². The molecule has 0 N–H and O–H groups in total. The van der Waals surface area contributed by atoms with Crippen LogP contribution in [0.25, 0.3) is 5.65 Å². The lowest BCUT2D eigenvalue weighted by Crippen LogP contribution is -2.38. The first-order valence-corrected chi connectivity index (χ1v) is 7.47. The van der Waals surface area contributed by atoms with Crippen LogP contribution in [0.3, 0.4) is 0 Å². The third-order valence-electron chi connectivity index (χ3n) is 3.80. The number of hydrogen-bond acceptors (Lipinski definition) is 5. The Kier molecular flexibility index (Phi) is 3.67. The summed E-state index contributed by atoms with van der Waals surface area (Å²) in [6, 6.07) is 3.65. The summed E-state index contributed by atoms with van der Waals surface area (Å²) in [5, 5.41) is 0. The van der Waals surface area contributed by atoms with Gasteiger partial charge in [-0.1, -0.05) is 0 Å². The summed E-state index contributed by atoms with van der Waals surface area (Å²) in [5.41, 5.74) is 1.28. The lowest BCUT2D eigenvalue weighted by atomic mass is 10.3. The highest BCUT2D eigenvalue weighted by atomic mass is 16.2. The molecule has 1 fully saturated rings. The smallest absolute Gasteiger partial charge is 0.269 e. The van der Waals surface area contributed by atoms with Gasteiger partial charge in [-0.25, -0.2) is 14.7 Å². The number of nitrogens with zero attached hydrogens (tertiary/aromatic N) is 4. The predicted molar refractivity (Wildman–Crippen MR) is 84.1 cm³/mol. The molecular formula is C16H16N4O4. The lowest BCUT2D eigenvalue weighted by Gasteiger charge is -2.18. The standard InChI is InChI=1S/C16H16N4O4/c1-9(2)20-15(23)14(22)19(16(20)24)8-11-7-13(21)18-5-4-10(3)6-12(18)17-11/h4-7,9H,8H2,1-3H3. The highest BCUT2D eigenvalue weighted by Crippen LogP contribution is 2.17. The average molecular weight is 328 g/mol. The third-order valence-corrected chi connectivity index (χ3v) is 3.80. The van der Waals surface area contributed by atoms with E-state index >= 15 is 0 Å². The van der Waals surface area contributed by atoms with E-state index in [1.807, 2.05) is 6.92 Å². The van der Waals surface area contributed by atoms with E-state index in [9.17, 15) is 19.2 Å². The van der Waals surface area contributed by atoms with E-state index in [2.05, 4.69) is 4.98 Å². The van der Waals surface area contributed by atoms with Crippen molar-refractivity contribution in [1.29, 1.82) is 0 Å². The molecule has 0 aromatic carbocycles. The Labute approximate surface area is 137 Å². The minimum Gasteiger partial charge on any atom is -0.269 e. The number of imide groups is 2. The van der Waals surface area contributed by atoms with E-state index < -0.39 is 23.9 Å². The molecule has 0 atom stereocenters. The van der Waals surface area contributed by atoms with Gasteiger partial charge in [-0.05, 0) is 38.5 Å². The van der Waals surface area contributed by atoms with Crippen LogP contribution in [0, 0.1) is 6.92 Å². The van der Waals surface area contributed by atoms with E-state index in [4.69, 9.17) is 0 Å². The Morgan fingerprint density at radius 1 is 1.08 bits per heavy atom. The van der Waals surface area contributed by atoms with Crippen LogP contribution in [0.5, 0.6) is 0 Å². The van der Waals surface area contributed by atoms with Gasteiger partial charge in [0.25, 0.3) is 5.56 Å².